The van der Waals surface area contributed by atoms with E-state index in [0.717, 1.165) is 0 Å². The highest BCUT2D eigenvalue weighted by molar-refractivity contribution is 6.02. The molecule has 5 N–H and O–H groups in total. The average Bonchev–Trinajstić information content (AvgIpc) is 2.64. The highest BCUT2D eigenvalue weighted by Gasteiger charge is 2.23. The highest BCUT2D eigenvalue weighted by atomic mass is 16.2. The standard InChI is InChI=1S/C21H30N6O4/c1-13(2)10-26(12-16(28)24-20(30)23-15-8-6-5-7-9-15)17-18(22)27(11-14(3)4)21(31)25-19(17)29/h5-9,13-14H,10-12,22H2,1-4H3,(H,25,29,31)(H2,23,24,28,30). The average molecular weight is 431 g/mol. The van der Waals surface area contributed by atoms with Gasteiger partial charge in [-0.05, 0) is 24.0 Å². The van der Waals surface area contributed by atoms with E-state index in [0.29, 0.717) is 18.8 Å². The lowest BCUT2D eigenvalue weighted by Crippen LogP contribution is -2.46. The van der Waals surface area contributed by atoms with Gasteiger partial charge in [0.2, 0.25) is 5.91 Å². The smallest absolute Gasteiger partial charge is 0.330 e. The Morgan fingerprint density at radius 2 is 1.74 bits per heavy atom. The van der Waals surface area contributed by atoms with E-state index < -0.39 is 23.2 Å². The molecule has 0 aliphatic rings. The van der Waals surface area contributed by atoms with Crippen LogP contribution in [0.15, 0.2) is 39.9 Å². The fourth-order valence-electron chi connectivity index (χ4n) is 3.13. The normalized spacial score (nSPS) is 10.9. The van der Waals surface area contributed by atoms with Crippen LogP contribution < -0.4 is 32.5 Å². The molecule has 168 valence electrons. The lowest BCUT2D eigenvalue weighted by atomic mass is 10.2. The van der Waals surface area contributed by atoms with Gasteiger partial charge in [0, 0.05) is 18.8 Å². The number of aromatic amines is 1. The maximum atomic E-state index is 12.6. The first kappa shape index (κ1) is 23.7. The first-order valence-corrected chi connectivity index (χ1v) is 10.1. The van der Waals surface area contributed by atoms with Gasteiger partial charge in [0.15, 0.2) is 0 Å². The van der Waals surface area contributed by atoms with Gasteiger partial charge in [-0.1, -0.05) is 45.9 Å². The Morgan fingerprint density at radius 3 is 2.32 bits per heavy atom. The number of hydrogen-bond acceptors (Lipinski definition) is 6. The summed E-state index contributed by atoms with van der Waals surface area (Å²) in [5, 5.41) is 4.81. The molecule has 1 aromatic carbocycles. The van der Waals surface area contributed by atoms with Crippen molar-refractivity contribution in [2.75, 3.05) is 29.0 Å². The third-order valence-electron chi connectivity index (χ3n) is 4.28. The van der Waals surface area contributed by atoms with Crippen molar-refractivity contribution in [1.82, 2.24) is 14.9 Å². The molecule has 0 saturated carbocycles. The SMILES string of the molecule is CC(C)CN(CC(=O)NC(=O)Nc1ccccc1)c1c(N)n(CC(C)C)c(=O)[nH]c1=O. The van der Waals surface area contributed by atoms with Gasteiger partial charge in [0.1, 0.15) is 11.5 Å². The van der Waals surface area contributed by atoms with Crippen LogP contribution in [0.25, 0.3) is 0 Å². The van der Waals surface area contributed by atoms with Crippen LogP contribution in [0.2, 0.25) is 0 Å². The molecule has 0 bridgehead atoms. The van der Waals surface area contributed by atoms with Crippen molar-refractivity contribution in [2.24, 2.45) is 11.8 Å². The van der Waals surface area contributed by atoms with Crippen molar-refractivity contribution in [3.63, 3.8) is 0 Å². The van der Waals surface area contributed by atoms with Crippen LogP contribution in [0.1, 0.15) is 27.7 Å². The van der Waals surface area contributed by atoms with Gasteiger partial charge in [-0.25, -0.2) is 9.59 Å². The van der Waals surface area contributed by atoms with Gasteiger partial charge < -0.3 is 16.0 Å². The summed E-state index contributed by atoms with van der Waals surface area (Å²) in [5.41, 5.74) is 5.47. The van der Waals surface area contributed by atoms with E-state index in [1.165, 1.54) is 9.47 Å². The predicted octanol–water partition coefficient (Wildman–Crippen LogP) is 1.59. The number of hydrogen-bond donors (Lipinski definition) is 4. The fourth-order valence-corrected chi connectivity index (χ4v) is 3.13. The Labute approximate surface area is 180 Å². The van der Waals surface area contributed by atoms with Gasteiger partial charge >= 0.3 is 11.7 Å². The summed E-state index contributed by atoms with van der Waals surface area (Å²) in [6.07, 6.45) is 0. The Morgan fingerprint density at radius 1 is 1.10 bits per heavy atom. The second-order valence-corrected chi connectivity index (χ2v) is 8.14. The molecule has 2 rings (SSSR count). The molecule has 31 heavy (non-hydrogen) atoms. The second kappa shape index (κ2) is 10.5. The van der Waals surface area contributed by atoms with E-state index in [2.05, 4.69) is 15.6 Å². The second-order valence-electron chi connectivity index (χ2n) is 8.14. The van der Waals surface area contributed by atoms with Crippen LogP contribution in [0, 0.1) is 11.8 Å². The predicted molar refractivity (Wildman–Crippen MR) is 121 cm³/mol. The molecule has 0 radical (unpaired) electrons. The molecule has 0 aliphatic heterocycles. The number of aromatic nitrogens is 2. The van der Waals surface area contributed by atoms with E-state index in [1.54, 1.807) is 30.3 Å². The quantitative estimate of drug-likeness (QED) is 0.501. The number of nitrogens with one attached hydrogen (secondary N) is 3. The van der Waals surface area contributed by atoms with Crippen molar-refractivity contribution < 1.29 is 9.59 Å². The van der Waals surface area contributed by atoms with E-state index in [-0.39, 0.29) is 29.9 Å². The van der Waals surface area contributed by atoms with Crippen LogP contribution in [-0.2, 0) is 11.3 Å². The molecular formula is C21H30N6O4. The summed E-state index contributed by atoms with van der Waals surface area (Å²) in [4.78, 5) is 53.2. The Hall–Kier alpha value is -3.56. The Bertz CT molecular complexity index is 1030. The minimum Gasteiger partial charge on any atom is -0.383 e. The first-order chi connectivity index (χ1) is 14.6. The molecule has 3 amide bonds. The van der Waals surface area contributed by atoms with Crippen molar-refractivity contribution in [2.45, 2.75) is 34.2 Å². The number of imide groups is 1. The molecule has 0 aliphatic carbocycles. The fraction of sp³-hybridized carbons (Fsp3) is 0.429. The highest BCUT2D eigenvalue weighted by Crippen LogP contribution is 2.18. The van der Waals surface area contributed by atoms with Crippen LogP contribution >= 0.6 is 0 Å². The maximum Gasteiger partial charge on any atom is 0.330 e. The molecule has 0 spiro atoms. The van der Waals surface area contributed by atoms with Crippen LogP contribution in [0.5, 0.6) is 0 Å². The molecule has 0 fully saturated rings. The van der Waals surface area contributed by atoms with Gasteiger partial charge in [-0.2, -0.15) is 0 Å². The minimum absolute atomic E-state index is 0.00960. The largest absolute Gasteiger partial charge is 0.383 e. The number of para-hydroxylation sites is 1. The van der Waals surface area contributed by atoms with Crippen molar-refractivity contribution in [1.29, 1.82) is 0 Å². The van der Waals surface area contributed by atoms with E-state index >= 15 is 0 Å². The van der Waals surface area contributed by atoms with Crippen LogP contribution in [-0.4, -0.2) is 34.6 Å². The third kappa shape index (κ3) is 6.73. The molecule has 0 atom stereocenters. The van der Waals surface area contributed by atoms with Crippen molar-refractivity contribution >= 4 is 29.1 Å². The summed E-state index contributed by atoms with van der Waals surface area (Å²) in [6.45, 7) is 8.02. The van der Waals surface area contributed by atoms with Gasteiger partial charge in [-0.15, -0.1) is 0 Å². The van der Waals surface area contributed by atoms with E-state index in [1.807, 2.05) is 27.7 Å². The number of carbonyl (C=O) groups is 2. The lowest BCUT2D eigenvalue weighted by Gasteiger charge is -2.27. The number of rotatable bonds is 8. The molecule has 1 heterocycles. The molecule has 0 unspecified atom stereocenters. The Balaban J connectivity index is 2.25. The van der Waals surface area contributed by atoms with Crippen LogP contribution in [0.4, 0.5) is 22.0 Å². The number of anilines is 3. The van der Waals surface area contributed by atoms with Crippen molar-refractivity contribution in [3.8, 4) is 0 Å². The first-order valence-electron chi connectivity index (χ1n) is 10.1. The number of nitrogen functional groups attached to an aromatic ring is 1. The summed E-state index contributed by atoms with van der Waals surface area (Å²) < 4.78 is 1.29. The Kier molecular flexibility index (Phi) is 8.00. The number of carbonyl (C=O) groups excluding carboxylic acids is 2. The summed E-state index contributed by atoms with van der Waals surface area (Å²) in [7, 11) is 0. The van der Waals surface area contributed by atoms with Gasteiger partial charge in [-0.3, -0.25) is 24.5 Å². The monoisotopic (exact) mass is 430 g/mol. The molecule has 10 nitrogen and oxygen atoms in total. The number of benzene rings is 1. The molecular weight excluding hydrogens is 400 g/mol. The number of nitrogens with two attached hydrogens (primary N) is 1. The van der Waals surface area contributed by atoms with Crippen LogP contribution in [0.3, 0.4) is 0 Å². The summed E-state index contributed by atoms with van der Waals surface area (Å²) >= 11 is 0. The number of urea groups is 1. The number of H-pyrrole nitrogens is 1. The topological polar surface area (TPSA) is 142 Å². The third-order valence-corrected chi connectivity index (χ3v) is 4.28. The maximum absolute atomic E-state index is 12.6. The van der Waals surface area contributed by atoms with E-state index in [4.69, 9.17) is 5.73 Å². The number of amides is 3. The summed E-state index contributed by atoms with van der Waals surface area (Å²) in [6, 6.07) is 8.00. The zero-order valence-electron chi connectivity index (χ0n) is 18.3. The lowest BCUT2D eigenvalue weighted by molar-refractivity contribution is -0.118. The summed E-state index contributed by atoms with van der Waals surface area (Å²) in [5.74, 6) is -0.434. The zero-order valence-corrected chi connectivity index (χ0v) is 18.3. The molecule has 1 aromatic heterocycles. The van der Waals surface area contributed by atoms with E-state index in [9.17, 15) is 19.2 Å². The molecule has 10 heteroatoms. The molecule has 0 saturated heterocycles. The van der Waals surface area contributed by atoms with Gasteiger partial charge in [0.25, 0.3) is 5.56 Å². The molecule has 2 aromatic rings. The number of nitrogens with zero attached hydrogens (tertiary/aromatic N) is 2. The van der Waals surface area contributed by atoms with Crippen molar-refractivity contribution in [3.05, 3.63) is 51.2 Å². The van der Waals surface area contributed by atoms with Gasteiger partial charge in [0.05, 0.1) is 6.54 Å². The minimum atomic E-state index is -0.688. The zero-order chi connectivity index (χ0) is 23.1.